The van der Waals surface area contributed by atoms with Crippen LogP contribution in [0, 0.1) is 0 Å². The molecule has 2 atom stereocenters. The van der Waals surface area contributed by atoms with Crippen molar-refractivity contribution in [1.29, 1.82) is 0 Å². The van der Waals surface area contributed by atoms with Gasteiger partial charge in [0.2, 0.25) is 5.95 Å². The first kappa shape index (κ1) is 16.2. The van der Waals surface area contributed by atoms with Gasteiger partial charge in [0.25, 0.3) is 11.3 Å². The average Bonchev–Trinajstić information content (AvgIpc) is 3.11. The van der Waals surface area contributed by atoms with E-state index in [4.69, 9.17) is 5.73 Å². The lowest BCUT2D eigenvalue weighted by Crippen LogP contribution is -2.26. The van der Waals surface area contributed by atoms with E-state index in [2.05, 4.69) is 35.9 Å². The van der Waals surface area contributed by atoms with E-state index in [-0.39, 0.29) is 23.3 Å². The van der Waals surface area contributed by atoms with Gasteiger partial charge in [-0.2, -0.15) is 9.50 Å². The number of β-amino-alcohol motifs (C(OH)–C–C–N with tert-alkyl or cyclic N) is 1. The summed E-state index contributed by atoms with van der Waals surface area (Å²) in [5.74, 6) is 0.394. The second-order valence-corrected chi connectivity index (χ2v) is 7.13. The van der Waals surface area contributed by atoms with Crippen molar-refractivity contribution in [3.63, 3.8) is 0 Å². The Kier molecular flexibility index (Phi) is 4.06. The van der Waals surface area contributed by atoms with Gasteiger partial charge in [0.1, 0.15) is 0 Å². The molecule has 4 rings (SSSR count). The van der Waals surface area contributed by atoms with Crippen molar-refractivity contribution in [3.05, 3.63) is 56.4 Å². The van der Waals surface area contributed by atoms with E-state index in [0.717, 1.165) is 10.0 Å². The van der Waals surface area contributed by atoms with Crippen LogP contribution in [-0.4, -0.2) is 42.2 Å². The molecule has 1 aromatic carbocycles. The average molecular weight is 405 g/mol. The van der Waals surface area contributed by atoms with Gasteiger partial charge in [0.15, 0.2) is 0 Å². The van der Waals surface area contributed by atoms with Crippen LogP contribution >= 0.6 is 15.9 Å². The molecule has 4 N–H and O–H groups in total. The SMILES string of the molecule is Nc1nc2nc(CN3CC(O)CC3c3ccc(Br)cc3)cc(=O)n2[nH]1. The molecule has 0 amide bonds. The monoisotopic (exact) mass is 404 g/mol. The smallest absolute Gasteiger partial charge is 0.274 e. The number of halogens is 1. The quantitative estimate of drug-likeness (QED) is 0.601. The van der Waals surface area contributed by atoms with Gasteiger partial charge in [-0.05, 0) is 24.1 Å². The van der Waals surface area contributed by atoms with Crippen LogP contribution in [0.5, 0.6) is 0 Å². The lowest BCUT2D eigenvalue weighted by molar-refractivity contribution is 0.172. The molecule has 3 heterocycles. The van der Waals surface area contributed by atoms with E-state index < -0.39 is 6.10 Å². The van der Waals surface area contributed by atoms with Crippen LogP contribution in [0.15, 0.2) is 39.6 Å². The maximum Gasteiger partial charge on any atom is 0.274 e. The number of nitrogens with zero attached hydrogens (tertiary/aromatic N) is 4. The van der Waals surface area contributed by atoms with Crippen LogP contribution in [0.25, 0.3) is 5.78 Å². The number of H-pyrrole nitrogens is 1. The third-order valence-electron chi connectivity index (χ3n) is 4.40. The summed E-state index contributed by atoms with van der Waals surface area (Å²) < 4.78 is 2.22. The lowest BCUT2D eigenvalue weighted by atomic mass is 10.0. The maximum atomic E-state index is 12.2. The summed E-state index contributed by atoms with van der Waals surface area (Å²) in [6, 6.07) is 9.60. The molecule has 2 unspecified atom stereocenters. The number of likely N-dealkylation sites (tertiary alicyclic amines) is 1. The van der Waals surface area contributed by atoms with Crippen molar-refractivity contribution >= 4 is 27.7 Å². The Bertz CT molecular complexity index is 967. The number of rotatable bonds is 3. The number of fused-ring (bicyclic) bond motifs is 1. The van der Waals surface area contributed by atoms with Gasteiger partial charge in [0, 0.05) is 29.7 Å². The normalized spacial score (nSPS) is 21.2. The maximum absolute atomic E-state index is 12.2. The van der Waals surface area contributed by atoms with E-state index in [1.54, 1.807) is 0 Å². The predicted molar refractivity (Wildman–Crippen MR) is 95.9 cm³/mol. The highest BCUT2D eigenvalue weighted by atomic mass is 79.9. The number of benzene rings is 1. The topological polar surface area (TPSA) is 113 Å². The second-order valence-electron chi connectivity index (χ2n) is 6.22. The summed E-state index contributed by atoms with van der Waals surface area (Å²) in [6.45, 7) is 0.987. The molecule has 0 bridgehead atoms. The molecular formula is C16H17BrN6O2. The fourth-order valence-corrected chi connectivity index (χ4v) is 3.58. The van der Waals surface area contributed by atoms with Gasteiger partial charge in [-0.25, -0.2) is 4.98 Å². The molecule has 0 radical (unpaired) electrons. The van der Waals surface area contributed by atoms with Crippen LogP contribution < -0.4 is 11.3 Å². The van der Waals surface area contributed by atoms with E-state index in [1.807, 2.05) is 24.3 Å². The summed E-state index contributed by atoms with van der Waals surface area (Å²) in [5.41, 5.74) is 7.06. The number of nitrogen functional groups attached to an aromatic ring is 1. The van der Waals surface area contributed by atoms with Crippen molar-refractivity contribution in [3.8, 4) is 0 Å². The summed E-state index contributed by atoms with van der Waals surface area (Å²) in [4.78, 5) is 22.7. The van der Waals surface area contributed by atoms with Crippen LogP contribution in [0.4, 0.5) is 5.95 Å². The van der Waals surface area contributed by atoms with Crippen molar-refractivity contribution in [2.45, 2.75) is 25.1 Å². The third-order valence-corrected chi connectivity index (χ3v) is 4.93. The highest BCUT2D eigenvalue weighted by molar-refractivity contribution is 9.10. The zero-order chi connectivity index (χ0) is 17.6. The van der Waals surface area contributed by atoms with Crippen molar-refractivity contribution < 1.29 is 5.11 Å². The summed E-state index contributed by atoms with van der Waals surface area (Å²) in [6.07, 6.45) is 0.248. The molecule has 1 aliphatic rings. The molecule has 130 valence electrons. The Morgan fingerprint density at radius 1 is 1.32 bits per heavy atom. The molecule has 9 heteroatoms. The van der Waals surface area contributed by atoms with Gasteiger partial charge in [-0.3, -0.25) is 14.8 Å². The number of nitrogens with one attached hydrogen (secondary N) is 1. The molecule has 8 nitrogen and oxygen atoms in total. The van der Waals surface area contributed by atoms with Gasteiger partial charge >= 0.3 is 0 Å². The number of aliphatic hydroxyl groups is 1. The molecule has 1 fully saturated rings. The minimum absolute atomic E-state index is 0.0765. The van der Waals surface area contributed by atoms with Crippen molar-refractivity contribution in [2.24, 2.45) is 0 Å². The van der Waals surface area contributed by atoms with Crippen molar-refractivity contribution in [1.82, 2.24) is 24.5 Å². The number of anilines is 1. The van der Waals surface area contributed by atoms with Gasteiger partial charge in [-0.15, -0.1) is 0 Å². The Morgan fingerprint density at radius 2 is 2.08 bits per heavy atom. The van der Waals surface area contributed by atoms with Crippen LogP contribution in [0.1, 0.15) is 23.7 Å². The zero-order valence-electron chi connectivity index (χ0n) is 13.3. The molecule has 2 aromatic heterocycles. The Balaban J connectivity index is 1.64. The fourth-order valence-electron chi connectivity index (χ4n) is 3.32. The van der Waals surface area contributed by atoms with Gasteiger partial charge < -0.3 is 10.8 Å². The Morgan fingerprint density at radius 3 is 2.84 bits per heavy atom. The Labute approximate surface area is 151 Å². The molecule has 3 aromatic rings. The lowest BCUT2D eigenvalue weighted by Gasteiger charge is -2.24. The number of hydrogen-bond acceptors (Lipinski definition) is 6. The molecule has 0 saturated carbocycles. The predicted octanol–water partition coefficient (Wildman–Crippen LogP) is 1.07. The second kappa shape index (κ2) is 6.25. The number of hydrogen-bond donors (Lipinski definition) is 3. The number of aromatic nitrogens is 4. The number of aromatic amines is 1. The largest absolute Gasteiger partial charge is 0.392 e. The van der Waals surface area contributed by atoms with Crippen molar-refractivity contribution in [2.75, 3.05) is 12.3 Å². The summed E-state index contributed by atoms with van der Waals surface area (Å²) in [7, 11) is 0. The first-order valence-corrected chi connectivity index (χ1v) is 8.70. The molecule has 0 aliphatic carbocycles. The molecule has 1 aliphatic heterocycles. The minimum atomic E-state index is -0.403. The van der Waals surface area contributed by atoms with E-state index in [1.165, 1.54) is 10.6 Å². The fraction of sp³-hybridized carbons (Fsp3) is 0.312. The van der Waals surface area contributed by atoms with Gasteiger partial charge in [-0.1, -0.05) is 28.1 Å². The number of nitrogens with two attached hydrogens (primary N) is 1. The molecule has 25 heavy (non-hydrogen) atoms. The summed E-state index contributed by atoms with van der Waals surface area (Å²) in [5, 5.41) is 12.8. The molecule has 0 spiro atoms. The molecular weight excluding hydrogens is 388 g/mol. The first-order valence-electron chi connectivity index (χ1n) is 7.91. The summed E-state index contributed by atoms with van der Waals surface area (Å²) >= 11 is 3.44. The molecule has 1 saturated heterocycles. The van der Waals surface area contributed by atoms with Crippen LogP contribution in [0.2, 0.25) is 0 Å². The third kappa shape index (κ3) is 3.17. The van der Waals surface area contributed by atoms with Crippen LogP contribution in [-0.2, 0) is 6.54 Å². The highest BCUT2D eigenvalue weighted by Crippen LogP contribution is 2.33. The standard InChI is InChI=1S/C16H17BrN6O2/c17-10-3-1-9(2-4-10)13-6-12(24)8-22(13)7-11-5-14(25)23-16(19-11)20-15(18)21-23/h1-5,12-13,24H,6-8H2,(H3,18,19,20,21). The zero-order valence-corrected chi connectivity index (χ0v) is 14.8. The Hall–Kier alpha value is -2.23. The van der Waals surface area contributed by atoms with E-state index >= 15 is 0 Å². The minimum Gasteiger partial charge on any atom is -0.392 e. The van der Waals surface area contributed by atoms with E-state index in [9.17, 15) is 9.90 Å². The van der Waals surface area contributed by atoms with Gasteiger partial charge in [0.05, 0.1) is 11.8 Å². The van der Waals surface area contributed by atoms with Crippen LogP contribution in [0.3, 0.4) is 0 Å². The first-order chi connectivity index (χ1) is 12.0. The van der Waals surface area contributed by atoms with E-state index in [0.29, 0.717) is 25.2 Å². The number of aliphatic hydroxyl groups excluding tert-OH is 1. The highest BCUT2D eigenvalue weighted by Gasteiger charge is 2.32.